The highest BCUT2D eigenvalue weighted by Gasteiger charge is 2.25. The number of amides is 1. The molecular formula is C15H24N4O3S. The standard InChI is InChI=1S/C15H24N4O3S/c1-18(2)14-7-3-6-13(9-14)15(20)19-8-4-5-12(11-19)10-17-23(16,21)22/h3,6-7,9,12,17H,4-5,8,10-11H2,1-2H3,(H2,16,21,22). The van der Waals surface area contributed by atoms with E-state index in [9.17, 15) is 13.2 Å². The Hall–Kier alpha value is -1.64. The molecule has 1 aliphatic rings. The Morgan fingerprint density at radius 2 is 2.17 bits per heavy atom. The minimum Gasteiger partial charge on any atom is -0.378 e. The van der Waals surface area contributed by atoms with Gasteiger partial charge in [-0.05, 0) is 37.0 Å². The van der Waals surface area contributed by atoms with Gasteiger partial charge in [0.1, 0.15) is 0 Å². The SMILES string of the molecule is CN(C)c1cccc(C(=O)N2CCCC(CNS(N)(=O)=O)C2)c1. The van der Waals surface area contributed by atoms with Crippen molar-refractivity contribution in [2.45, 2.75) is 12.8 Å². The molecular weight excluding hydrogens is 316 g/mol. The fourth-order valence-corrected chi connectivity index (χ4v) is 3.22. The Balaban J connectivity index is 2.03. The van der Waals surface area contributed by atoms with E-state index in [-0.39, 0.29) is 18.4 Å². The van der Waals surface area contributed by atoms with Crippen LogP contribution < -0.4 is 14.8 Å². The number of anilines is 1. The van der Waals surface area contributed by atoms with Gasteiger partial charge in [-0.15, -0.1) is 0 Å². The van der Waals surface area contributed by atoms with Gasteiger partial charge in [0.15, 0.2) is 0 Å². The lowest BCUT2D eigenvalue weighted by Gasteiger charge is -2.33. The van der Waals surface area contributed by atoms with Gasteiger partial charge in [0.25, 0.3) is 16.1 Å². The molecule has 8 heteroatoms. The summed E-state index contributed by atoms with van der Waals surface area (Å²) in [5, 5.41) is 4.96. The highest BCUT2D eigenvalue weighted by Crippen LogP contribution is 2.20. The normalized spacial score (nSPS) is 18.7. The predicted octanol–water partition coefficient (Wildman–Crippen LogP) is 0.398. The third kappa shape index (κ3) is 5.19. The number of carbonyl (C=O) groups is 1. The first-order valence-corrected chi connectivity index (χ1v) is 9.15. The van der Waals surface area contributed by atoms with Crippen LogP contribution in [0.1, 0.15) is 23.2 Å². The number of benzene rings is 1. The van der Waals surface area contributed by atoms with Crippen LogP contribution in [0.3, 0.4) is 0 Å². The zero-order valence-electron chi connectivity index (χ0n) is 13.5. The average molecular weight is 340 g/mol. The molecule has 0 aromatic heterocycles. The van der Waals surface area contributed by atoms with Crippen LogP contribution in [0.25, 0.3) is 0 Å². The molecule has 1 aromatic carbocycles. The van der Waals surface area contributed by atoms with Gasteiger partial charge in [0, 0.05) is 45.0 Å². The molecule has 0 radical (unpaired) electrons. The van der Waals surface area contributed by atoms with Crippen molar-refractivity contribution in [2.24, 2.45) is 11.1 Å². The monoisotopic (exact) mass is 340 g/mol. The van der Waals surface area contributed by atoms with Gasteiger partial charge < -0.3 is 9.80 Å². The Kier molecular flexibility index (Phi) is 5.61. The third-order valence-corrected chi connectivity index (χ3v) is 4.56. The molecule has 3 N–H and O–H groups in total. The number of rotatable bonds is 5. The number of likely N-dealkylation sites (tertiary alicyclic amines) is 1. The van der Waals surface area contributed by atoms with Gasteiger partial charge >= 0.3 is 0 Å². The average Bonchev–Trinajstić information content (AvgIpc) is 2.52. The molecule has 128 valence electrons. The molecule has 1 unspecified atom stereocenters. The van der Waals surface area contributed by atoms with E-state index in [0.29, 0.717) is 18.7 Å². The first kappa shape index (κ1) is 17.7. The molecule has 1 fully saturated rings. The summed E-state index contributed by atoms with van der Waals surface area (Å²) in [4.78, 5) is 16.4. The van der Waals surface area contributed by atoms with Gasteiger partial charge in [-0.25, -0.2) is 9.86 Å². The molecule has 0 bridgehead atoms. The van der Waals surface area contributed by atoms with Crippen LogP contribution in [0.15, 0.2) is 24.3 Å². The largest absolute Gasteiger partial charge is 0.378 e. The Bertz CT molecular complexity index is 660. The first-order chi connectivity index (χ1) is 10.8. The highest BCUT2D eigenvalue weighted by molar-refractivity contribution is 7.87. The molecule has 0 spiro atoms. The molecule has 1 atom stereocenters. The fourth-order valence-electron chi connectivity index (χ4n) is 2.75. The van der Waals surface area contributed by atoms with Crippen LogP contribution in [0.5, 0.6) is 0 Å². The van der Waals surface area contributed by atoms with Gasteiger partial charge in [-0.3, -0.25) is 4.79 Å². The van der Waals surface area contributed by atoms with Crippen molar-refractivity contribution in [3.05, 3.63) is 29.8 Å². The molecule has 2 rings (SSSR count). The van der Waals surface area contributed by atoms with Crippen LogP contribution in [0, 0.1) is 5.92 Å². The maximum absolute atomic E-state index is 12.7. The van der Waals surface area contributed by atoms with Crippen molar-refractivity contribution in [2.75, 3.05) is 38.6 Å². The molecule has 0 saturated carbocycles. The lowest BCUT2D eigenvalue weighted by atomic mass is 9.97. The molecule has 7 nitrogen and oxygen atoms in total. The van der Waals surface area contributed by atoms with Crippen molar-refractivity contribution >= 4 is 21.8 Å². The second kappa shape index (κ2) is 7.29. The number of nitrogens with one attached hydrogen (secondary N) is 1. The van der Waals surface area contributed by atoms with Crippen molar-refractivity contribution in [1.82, 2.24) is 9.62 Å². The summed E-state index contributed by atoms with van der Waals surface area (Å²) in [6.07, 6.45) is 1.74. The third-order valence-electron chi connectivity index (χ3n) is 3.99. The number of nitrogens with zero attached hydrogens (tertiary/aromatic N) is 2. The predicted molar refractivity (Wildman–Crippen MR) is 90.5 cm³/mol. The van der Waals surface area contributed by atoms with Crippen molar-refractivity contribution in [1.29, 1.82) is 0 Å². The number of hydrogen-bond donors (Lipinski definition) is 2. The van der Waals surface area contributed by atoms with E-state index in [4.69, 9.17) is 5.14 Å². The second-order valence-electron chi connectivity index (χ2n) is 6.10. The summed E-state index contributed by atoms with van der Waals surface area (Å²) in [6, 6.07) is 7.49. The van der Waals surface area contributed by atoms with E-state index in [1.54, 1.807) is 4.90 Å². The van der Waals surface area contributed by atoms with Gasteiger partial charge in [-0.1, -0.05) is 6.07 Å². The number of nitrogens with two attached hydrogens (primary N) is 1. The lowest BCUT2D eigenvalue weighted by molar-refractivity contribution is 0.0676. The highest BCUT2D eigenvalue weighted by atomic mass is 32.2. The summed E-state index contributed by atoms with van der Waals surface area (Å²) in [7, 11) is 0.173. The Labute approximate surface area is 137 Å². The van der Waals surface area contributed by atoms with Crippen LogP contribution >= 0.6 is 0 Å². The summed E-state index contributed by atoms with van der Waals surface area (Å²) in [5.74, 6) is 0.0667. The van der Waals surface area contributed by atoms with E-state index in [2.05, 4.69) is 4.72 Å². The van der Waals surface area contributed by atoms with Crippen LogP contribution in [-0.2, 0) is 10.2 Å². The van der Waals surface area contributed by atoms with E-state index < -0.39 is 10.2 Å². The molecule has 23 heavy (non-hydrogen) atoms. The molecule has 1 aromatic rings. The van der Waals surface area contributed by atoms with E-state index in [1.165, 1.54) is 0 Å². The Morgan fingerprint density at radius 1 is 1.43 bits per heavy atom. The van der Waals surface area contributed by atoms with E-state index in [1.807, 2.05) is 43.3 Å². The van der Waals surface area contributed by atoms with E-state index >= 15 is 0 Å². The quantitative estimate of drug-likeness (QED) is 0.811. The summed E-state index contributed by atoms with van der Waals surface area (Å²) in [6.45, 7) is 1.49. The zero-order valence-corrected chi connectivity index (χ0v) is 14.3. The van der Waals surface area contributed by atoms with Crippen LogP contribution in [-0.4, -0.2) is 53.0 Å². The number of piperidine rings is 1. The van der Waals surface area contributed by atoms with Crippen molar-refractivity contribution in [3.63, 3.8) is 0 Å². The minimum atomic E-state index is -3.69. The molecule has 1 aliphatic heterocycles. The second-order valence-corrected chi connectivity index (χ2v) is 7.48. The van der Waals surface area contributed by atoms with Crippen LogP contribution in [0.4, 0.5) is 5.69 Å². The van der Waals surface area contributed by atoms with Gasteiger partial charge in [0.2, 0.25) is 0 Å². The fraction of sp³-hybridized carbons (Fsp3) is 0.533. The summed E-state index contributed by atoms with van der Waals surface area (Å²) in [5.41, 5.74) is 1.62. The molecule has 1 heterocycles. The summed E-state index contributed by atoms with van der Waals surface area (Å²) < 4.78 is 24.3. The topological polar surface area (TPSA) is 95.7 Å². The van der Waals surface area contributed by atoms with Crippen molar-refractivity contribution < 1.29 is 13.2 Å². The summed E-state index contributed by atoms with van der Waals surface area (Å²) >= 11 is 0. The van der Waals surface area contributed by atoms with Gasteiger partial charge in [0.05, 0.1) is 0 Å². The number of carbonyl (C=O) groups excluding carboxylic acids is 1. The number of hydrogen-bond acceptors (Lipinski definition) is 4. The maximum Gasteiger partial charge on any atom is 0.274 e. The van der Waals surface area contributed by atoms with E-state index in [0.717, 1.165) is 18.5 Å². The van der Waals surface area contributed by atoms with Crippen LogP contribution in [0.2, 0.25) is 0 Å². The van der Waals surface area contributed by atoms with Gasteiger partial charge in [-0.2, -0.15) is 8.42 Å². The molecule has 0 aliphatic carbocycles. The smallest absolute Gasteiger partial charge is 0.274 e. The lowest BCUT2D eigenvalue weighted by Crippen LogP contribution is -2.44. The Morgan fingerprint density at radius 3 is 2.83 bits per heavy atom. The molecule has 1 saturated heterocycles. The first-order valence-electron chi connectivity index (χ1n) is 7.60. The minimum absolute atomic E-state index is 0.0194. The molecule has 1 amide bonds. The zero-order chi connectivity index (χ0) is 17.0. The maximum atomic E-state index is 12.7. The van der Waals surface area contributed by atoms with Crippen molar-refractivity contribution in [3.8, 4) is 0 Å².